The molecule has 0 spiro atoms. The molecule has 0 atom stereocenters. The van der Waals surface area contributed by atoms with Crippen molar-refractivity contribution in [1.82, 2.24) is 10.6 Å². The molecule has 88 valence electrons. The Kier molecular flexibility index (Phi) is 4.41. The molecule has 2 N–H and O–H groups in total. The van der Waals surface area contributed by atoms with Crippen LogP contribution in [0.2, 0.25) is 0 Å². The van der Waals surface area contributed by atoms with Crippen molar-refractivity contribution in [3.63, 3.8) is 0 Å². The standard InChI is InChI=1S/C10H12Br2N2OS/c11-8-3-7(16-10(8)12)4-13-5-9(15)14-6-1-2-6/h3,6,13H,1-2,4-5H2,(H,14,15). The Bertz CT molecular complexity index is 371. The number of hydrogen-bond donors (Lipinski definition) is 2. The van der Waals surface area contributed by atoms with E-state index in [0.29, 0.717) is 12.6 Å². The average Bonchev–Trinajstić information content (AvgIpc) is 2.95. The van der Waals surface area contributed by atoms with Crippen LogP contribution in [0.25, 0.3) is 0 Å². The number of amides is 1. The molecule has 1 aromatic rings. The summed E-state index contributed by atoms with van der Waals surface area (Å²) in [6.07, 6.45) is 2.27. The molecular formula is C10H12Br2N2OS. The van der Waals surface area contributed by atoms with Crippen LogP contribution in [0.1, 0.15) is 17.7 Å². The van der Waals surface area contributed by atoms with Crippen LogP contribution in [0, 0.1) is 0 Å². The van der Waals surface area contributed by atoms with Gasteiger partial charge in [-0.2, -0.15) is 0 Å². The number of halogens is 2. The van der Waals surface area contributed by atoms with Gasteiger partial charge in [0.25, 0.3) is 0 Å². The maximum Gasteiger partial charge on any atom is 0.234 e. The van der Waals surface area contributed by atoms with Gasteiger partial charge in [0, 0.05) is 21.9 Å². The first-order chi connectivity index (χ1) is 7.65. The Balaban J connectivity index is 1.68. The van der Waals surface area contributed by atoms with Crippen molar-refractivity contribution in [3.8, 4) is 0 Å². The van der Waals surface area contributed by atoms with E-state index in [1.54, 1.807) is 11.3 Å². The van der Waals surface area contributed by atoms with Crippen molar-refractivity contribution >= 4 is 49.1 Å². The number of carbonyl (C=O) groups excluding carboxylic acids is 1. The Morgan fingerprint density at radius 3 is 2.81 bits per heavy atom. The minimum absolute atomic E-state index is 0.0946. The van der Waals surface area contributed by atoms with E-state index in [1.165, 1.54) is 4.88 Å². The van der Waals surface area contributed by atoms with Crippen molar-refractivity contribution in [2.45, 2.75) is 25.4 Å². The van der Waals surface area contributed by atoms with Gasteiger partial charge in [0.1, 0.15) is 0 Å². The van der Waals surface area contributed by atoms with E-state index in [4.69, 9.17) is 0 Å². The Hall–Kier alpha value is 0.0900. The van der Waals surface area contributed by atoms with E-state index < -0.39 is 0 Å². The first kappa shape index (κ1) is 12.5. The van der Waals surface area contributed by atoms with Gasteiger partial charge in [0.15, 0.2) is 0 Å². The summed E-state index contributed by atoms with van der Waals surface area (Å²) in [7, 11) is 0. The summed E-state index contributed by atoms with van der Waals surface area (Å²) in [5, 5.41) is 6.07. The Morgan fingerprint density at radius 2 is 2.25 bits per heavy atom. The summed E-state index contributed by atoms with van der Waals surface area (Å²) < 4.78 is 2.16. The summed E-state index contributed by atoms with van der Waals surface area (Å²) >= 11 is 8.54. The molecule has 3 nitrogen and oxygen atoms in total. The molecule has 2 rings (SSSR count). The molecule has 1 amide bonds. The largest absolute Gasteiger partial charge is 0.352 e. The van der Waals surface area contributed by atoms with E-state index >= 15 is 0 Å². The predicted molar refractivity (Wildman–Crippen MR) is 72.6 cm³/mol. The molecule has 0 saturated heterocycles. The molecule has 0 radical (unpaired) electrons. The minimum Gasteiger partial charge on any atom is -0.352 e. The summed E-state index contributed by atoms with van der Waals surface area (Å²) in [5.41, 5.74) is 0. The highest BCUT2D eigenvalue weighted by Crippen LogP contribution is 2.32. The van der Waals surface area contributed by atoms with Gasteiger partial charge in [-0.05, 0) is 50.8 Å². The first-order valence-corrected chi connectivity index (χ1v) is 7.49. The lowest BCUT2D eigenvalue weighted by Gasteiger charge is -2.03. The van der Waals surface area contributed by atoms with Crippen molar-refractivity contribution in [2.24, 2.45) is 0 Å². The molecule has 6 heteroatoms. The van der Waals surface area contributed by atoms with Crippen molar-refractivity contribution in [3.05, 3.63) is 19.2 Å². The molecule has 0 aliphatic heterocycles. The van der Waals surface area contributed by atoms with E-state index in [1.807, 2.05) is 0 Å². The number of nitrogens with one attached hydrogen (secondary N) is 2. The fourth-order valence-corrected chi connectivity index (χ4v) is 3.43. The van der Waals surface area contributed by atoms with Gasteiger partial charge in [-0.15, -0.1) is 11.3 Å². The number of carbonyl (C=O) groups is 1. The molecular weight excluding hydrogens is 356 g/mol. The third-order valence-corrected chi connectivity index (χ3v) is 5.48. The lowest BCUT2D eigenvalue weighted by molar-refractivity contribution is -0.120. The van der Waals surface area contributed by atoms with Gasteiger partial charge < -0.3 is 10.6 Å². The van der Waals surface area contributed by atoms with E-state index in [2.05, 4.69) is 48.6 Å². The highest BCUT2D eigenvalue weighted by Gasteiger charge is 2.22. The van der Waals surface area contributed by atoms with Gasteiger partial charge >= 0.3 is 0 Å². The predicted octanol–water partition coefficient (Wildman–Crippen LogP) is 2.64. The summed E-state index contributed by atoms with van der Waals surface area (Å²) in [6, 6.07) is 2.50. The molecule has 1 heterocycles. The fraction of sp³-hybridized carbons (Fsp3) is 0.500. The van der Waals surface area contributed by atoms with Gasteiger partial charge in [0.2, 0.25) is 5.91 Å². The summed E-state index contributed by atoms with van der Waals surface area (Å²) in [6.45, 7) is 1.12. The molecule has 1 saturated carbocycles. The second-order valence-corrected chi connectivity index (χ2v) is 7.09. The summed E-state index contributed by atoms with van der Waals surface area (Å²) in [4.78, 5) is 12.6. The van der Waals surface area contributed by atoms with E-state index in [-0.39, 0.29) is 5.91 Å². The van der Waals surface area contributed by atoms with Crippen LogP contribution >= 0.6 is 43.2 Å². The van der Waals surface area contributed by atoms with E-state index in [0.717, 1.165) is 27.6 Å². The van der Waals surface area contributed by atoms with E-state index in [9.17, 15) is 4.79 Å². The zero-order valence-corrected chi connectivity index (χ0v) is 12.5. The zero-order chi connectivity index (χ0) is 11.5. The van der Waals surface area contributed by atoms with Crippen molar-refractivity contribution in [1.29, 1.82) is 0 Å². The van der Waals surface area contributed by atoms with Crippen molar-refractivity contribution < 1.29 is 4.79 Å². The van der Waals surface area contributed by atoms with Crippen molar-refractivity contribution in [2.75, 3.05) is 6.54 Å². The SMILES string of the molecule is O=C(CNCc1cc(Br)c(Br)s1)NC1CC1. The van der Waals surface area contributed by atoms with Gasteiger partial charge in [-0.25, -0.2) is 0 Å². The van der Waals surface area contributed by atoms with Crippen LogP contribution in [0.15, 0.2) is 14.3 Å². The topological polar surface area (TPSA) is 41.1 Å². The van der Waals surface area contributed by atoms with Crippen LogP contribution in [0.4, 0.5) is 0 Å². The highest BCUT2D eigenvalue weighted by atomic mass is 79.9. The number of thiophene rings is 1. The molecule has 0 aromatic carbocycles. The Morgan fingerprint density at radius 1 is 1.50 bits per heavy atom. The lowest BCUT2D eigenvalue weighted by atomic mass is 10.4. The second-order valence-electron chi connectivity index (χ2n) is 3.78. The maximum atomic E-state index is 11.4. The summed E-state index contributed by atoms with van der Waals surface area (Å²) in [5.74, 6) is 0.0946. The van der Waals surface area contributed by atoms with Crippen LogP contribution in [-0.4, -0.2) is 18.5 Å². The smallest absolute Gasteiger partial charge is 0.234 e. The highest BCUT2D eigenvalue weighted by molar-refractivity contribution is 9.13. The average molecular weight is 368 g/mol. The molecule has 1 aromatic heterocycles. The normalized spacial score (nSPS) is 15.1. The fourth-order valence-electron chi connectivity index (χ4n) is 1.28. The van der Waals surface area contributed by atoms with Gasteiger partial charge in [-0.1, -0.05) is 0 Å². The van der Waals surface area contributed by atoms with Gasteiger partial charge in [0.05, 0.1) is 10.3 Å². The zero-order valence-electron chi connectivity index (χ0n) is 8.56. The van der Waals surface area contributed by atoms with Crippen LogP contribution < -0.4 is 10.6 Å². The third-order valence-electron chi connectivity index (χ3n) is 2.22. The molecule has 16 heavy (non-hydrogen) atoms. The molecule has 0 bridgehead atoms. The Labute approximate surface area is 115 Å². The van der Waals surface area contributed by atoms with Crippen LogP contribution in [0.3, 0.4) is 0 Å². The molecule has 0 unspecified atom stereocenters. The van der Waals surface area contributed by atoms with Crippen LogP contribution in [-0.2, 0) is 11.3 Å². The number of rotatable bonds is 5. The minimum atomic E-state index is 0.0946. The quantitative estimate of drug-likeness (QED) is 0.839. The van der Waals surface area contributed by atoms with Gasteiger partial charge in [-0.3, -0.25) is 4.79 Å². The van der Waals surface area contributed by atoms with Crippen LogP contribution in [0.5, 0.6) is 0 Å². The molecule has 1 fully saturated rings. The third kappa shape index (κ3) is 3.84. The monoisotopic (exact) mass is 366 g/mol. The molecule has 1 aliphatic rings. The maximum absolute atomic E-state index is 11.4. The second kappa shape index (κ2) is 5.62. The molecule has 1 aliphatic carbocycles. The number of hydrogen-bond acceptors (Lipinski definition) is 3. The lowest BCUT2D eigenvalue weighted by Crippen LogP contribution is -2.34. The first-order valence-electron chi connectivity index (χ1n) is 5.09.